The van der Waals surface area contributed by atoms with Crippen molar-refractivity contribution in [1.82, 2.24) is 15.6 Å². The SMILES string of the molecule is CC(C)COC(=O)CC[C@H](NC(=O)CNC(=O)OC(C)(C)C)C(=O)Nc1ncc(Cc2ccc([C@@H]3O[C@@H]4C[C@H]5[C@@H]6CCC7=CC(=O)C=C[C@]7(C)[C@H]6[C@@H](O)C[C@]5(C)[C@]4(C(=O)CO)O3)cc2)s1. The standard InChI is InChI=1S/C48H62N4O12S/c1-26(2)25-61-39(58)15-14-34(51-38(57)23-50-44(60)64-45(3,4)5)41(59)52-43-49-22-31(65-43)18-27-8-10-28(11-9-27)42-62-37-20-33-32-13-12-29-19-30(54)16-17-46(29,6)40(32)35(55)21-47(33,7)48(37,63-42)36(56)24-53/h8-11,16-17,19,22,26,32-35,37,40,42,53,55H,12-15,18,20-21,23-25H2,1-7H3,(H,50,60)(H,51,57)(H,49,52,59)/t32-,33-,34-,35-,37+,40+,42+,46-,47-,48+/m0/s1. The van der Waals surface area contributed by atoms with Gasteiger partial charge >= 0.3 is 12.1 Å². The van der Waals surface area contributed by atoms with Gasteiger partial charge in [0, 0.05) is 46.2 Å². The monoisotopic (exact) mass is 918 g/mol. The van der Waals surface area contributed by atoms with Crippen molar-refractivity contribution >= 4 is 51.9 Å². The zero-order valence-electron chi connectivity index (χ0n) is 38.1. The summed E-state index contributed by atoms with van der Waals surface area (Å²) in [6, 6.07) is 6.44. The quantitative estimate of drug-likeness (QED) is 0.144. The van der Waals surface area contributed by atoms with Crippen LogP contribution in [0.15, 0.2) is 54.3 Å². The third kappa shape index (κ3) is 9.85. The molecule has 10 atom stereocenters. The zero-order chi connectivity index (χ0) is 47.1. The van der Waals surface area contributed by atoms with Crippen molar-refractivity contribution in [1.29, 1.82) is 0 Å². The van der Waals surface area contributed by atoms with Crippen LogP contribution in [0.4, 0.5) is 9.93 Å². The molecule has 0 bridgehead atoms. The molecule has 65 heavy (non-hydrogen) atoms. The molecule has 2 aromatic rings. The molecule has 1 aliphatic heterocycles. The number of amides is 3. The molecule has 2 heterocycles. The first-order valence-corrected chi connectivity index (χ1v) is 23.3. The molecule has 0 spiro atoms. The minimum absolute atomic E-state index is 0.0191. The molecule has 17 heteroatoms. The number of carbonyl (C=O) groups excluding carboxylic acids is 6. The molecule has 5 N–H and O–H groups in total. The van der Waals surface area contributed by atoms with Gasteiger partial charge in [0.2, 0.25) is 11.8 Å². The van der Waals surface area contributed by atoms with Gasteiger partial charge in [-0.25, -0.2) is 9.78 Å². The maximum Gasteiger partial charge on any atom is 0.408 e. The summed E-state index contributed by atoms with van der Waals surface area (Å²) in [5.74, 6) is -2.24. The topological polar surface area (TPSA) is 229 Å². The van der Waals surface area contributed by atoms with Crippen molar-refractivity contribution in [2.24, 2.45) is 34.5 Å². The van der Waals surface area contributed by atoms with E-state index in [9.17, 15) is 39.0 Å². The third-order valence-corrected chi connectivity index (χ3v) is 14.8. The molecule has 5 aliphatic rings. The summed E-state index contributed by atoms with van der Waals surface area (Å²) in [6.45, 7) is 12.0. The number of thiazole rings is 1. The Bertz CT molecular complexity index is 2230. The molecule has 1 aromatic heterocycles. The lowest BCUT2D eigenvalue weighted by molar-refractivity contribution is -0.201. The van der Waals surface area contributed by atoms with Gasteiger partial charge in [0.25, 0.3) is 0 Å². The molecule has 7 rings (SSSR count). The fraction of sp³-hybridized carbons (Fsp3) is 0.604. The van der Waals surface area contributed by atoms with Gasteiger partial charge < -0.3 is 45.1 Å². The van der Waals surface area contributed by atoms with Crippen molar-refractivity contribution in [3.05, 3.63) is 70.3 Å². The molecule has 1 saturated heterocycles. The fourth-order valence-electron chi connectivity index (χ4n) is 11.0. The van der Waals surface area contributed by atoms with Crippen molar-refractivity contribution in [3.63, 3.8) is 0 Å². The number of benzene rings is 1. The van der Waals surface area contributed by atoms with Gasteiger partial charge in [0.1, 0.15) is 24.8 Å². The Morgan fingerprint density at radius 3 is 2.52 bits per heavy atom. The second-order valence-electron chi connectivity index (χ2n) is 20.0. The number of nitrogens with zero attached hydrogens (tertiary/aromatic N) is 1. The number of aliphatic hydroxyl groups is 2. The smallest absolute Gasteiger partial charge is 0.408 e. The van der Waals surface area contributed by atoms with Crippen LogP contribution in [-0.4, -0.2) is 99.9 Å². The number of anilines is 1. The summed E-state index contributed by atoms with van der Waals surface area (Å²) in [6.07, 6.45) is 6.41. The number of esters is 1. The molecule has 16 nitrogen and oxygen atoms in total. The van der Waals surface area contributed by atoms with E-state index in [0.29, 0.717) is 18.4 Å². The number of ketones is 2. The lowest BCUT2D eigenvalue weighted by Gasteiger charge is -2.59. The molecular weight excluding hydrogens is 857 g/mol. The Balaban J connectivity index is 0.988. The normalized spacial score (nSPS) is 30.6. The van der Waals surface area contributed by atoms with Crippen LogP contribution in [0.3, 0.4) is 0 Å². The van der Waals surface area contributed by atoms with Crippen LogP contribution in [0.2, 0.25) is 0 Å². The van der Waals surface area contributed by atoms with E-state index in [2.05, 4.69) is 27.9 Å². The highest BCUT2D eigenvalue weighted by Crippen LogP contribution is 2.70. The van der Waals surface area contributed by atoms with E-state index in [0.717, 1.165) is 28.9 Å². The zero-order valence-corrected chi connectivity index (χ0v) is 39.0. The lowest BCUT2D eigenvalue weighted by atomic mass is 9.46. The fourth-order valence-corrected chi connectivity index (χ4v) is 11.9. The highest BCUT2D eigenvalue weighted by atomic mass is 32.1. The number of Topliss-reactive ketones (excluding diaryl/α,β-unsaturated/α-hetero) is 1. The lowest BCUT2D eigenvalue weighted by Crippen LogP contribution is -2.63. The average molecular weight is 919 g/mol. The predicted molar refractivity (Wildman–Crippen MR) is 238 cm³/mol. The summed E-state index contributed by atoms with van der Waals surface area (Å²) in [5.41, 5.74) is -0.864. The van der Waals surface area contributed by atoms with Gasteiger partial charge in [0.15, 0.2) is 28.6 Å². The number of aliphatic hydroxyl groups excluding tert-OH is 2. The molecular formula is C48H62N4O12S. The first-order chi connectivity index (χ1) is 30.6. The number of allylic oxidation sites excluding steroid dienone is 4. The number of hydrogen-bond donors (Lipinski definition) is 5. The minimum Gasteiger partial charge on any atom is -0.465 e. The van der Waals surface area contributed by atoms with Crippen molar-refractivity contribution in [2.75, 3.05) is 25.1 Å². The number of alkyl carbamates (subject to hydrolysis) is 1. The Kier molecular flexibility index (Phi) is 13.9. The second kappa shape index (κ2) is 18.8. The Hall–Kier alpha value is -4.81. The van der Waals surface area contributed by atoms with Gasteiger partial charge in [-0.1, -0.05) is 63.6 Å². The van der Waals surface area contributed by atoms with E-state index in [1.54, 1.807) is 39.1 Å². The number of nitrogens with one attached hydrogen (secondary N) is 3. The van der Waals surface area contributed by atoms with E-state index >= 15 is 0 Å². The molecule has 0 unspecified atom stereocenters. The molecule has 352 valence electrons. The average Bonchev–Trinajstić information content (AvgIpc) is 3.92. The summed E-state index contributed by atoms with van der Waals surface area (Å²) >= 11 is 1.24. The minimum atomic E-state index is -1.46. The van der Waals surface area contributed by atoms with Crippen LogP contribution in [-0.2, 0) is 49.3 Å². The Morgan fingerprint density at radius 1 is 1.09 bits per heavy atom. The van der Waals surface area contributed by atoms with E-state index in [-0.39, 0.29) is 60.5 Å². The number of ether oxygens (including phenoxy) is 4. The van der Waals surface area contributed by atoms with Crippen LogP contribution in [0.1, 0.15) is 109 Å². The maximum absolute atomic E-state index is 14.0. The molecule has 4 aliphatic carbocycles. The predicted octanol–water partition coefficient (Wildman–Crippen LogP) is 5.26. The third-order valence-electron chi connectivity index (χ3n) is 13.9. The number of rotatable bonds is 15. The maximum atomic E-state index is 14.0. The van der Waals surface area contributed by atoms with Gasteiger partial charge in [0.05, 0.1) is 18.8 Å². The molecule has 1 aromatic carbocycles. The first kappa shape index (κ1) is 48.1. The van der Waals surface area contributed by atoms with Crippen molar-refractivity contribution in [3.8, 4) is 0 Å². The summed E-state index contributed by atoms with van der Waals surface area (Å²) in [7, 11) is 0. The number of hydrogen-bond acceptors (Lipinski definition) is 14. The Labute approximate surface area is 383 Å². The molecule has 3 saturated carbocycles. The van der Waals surface area contributed by atoms with Gasteiger partial charge in [-0.15, -0.1) is 11.3 Å². The first-order valence-electron chi connectivity index (χ1n) is 22.5. The molecule has 0 radical (unpaired) electrons. The Morgan fingerprint density at radius 2 is 1.83 bits per heavy atom. The van der Waals surface area contributed by atoms with Gasteiger partial charge in [-0.3, -0.25) is 24.0 Å². The van der Waals surface area contributed by atoms with Crippen LogP contribution < -0.4 is 16.0 Å². The van der Waals surface area contributed by atoms with Crippen LogP contribution in [0, 0.1) is 34.5 Å². The van der Waals surface area contributed by atoms with Crippen LogP contribution >= 0.6 is 11.3 Å². The second-order valence-corrected chi connectivity index (χ2v) is 21.1. The van der Waals surface area contributed by atoms with Crippen LogP contribution in [0.5, 0.6) is 0 Å². The van der Waals surface area contributed by atoms with E-state index in [1.807, 2.05) is 51.1 Å². The summed E-state index contributed by atoms with van der Waals surface area (Å²) in [5, 5.41) is 30.3. The van der Waals surface area contributed by atoms with Crippen molar-refractivity contribution in [2.45, 2.75) is 129 Å². The van der Waals surface area contributed by atoms with E-state index in [4.69, 9.17) is 18.9 Å². The summed E-state index contributed by atoms with van der Waals surface area (Å²) < 4.78 is 23.8. The van der Waals surface area contributed by atoms with Gasteiger partial charge in [-0.2, -0.15) is 0 Å². The highest BCUT2D eigenvalue weighted by molar-refractivity contribution is 7.15. The number of aromatic nitrogens is 1. The summed E-state index contributed by atoms with van der Waals surface area (Å²) in [4.78, 5) is 82.2. The van der Waals surface area contributed by atoms with E-state index in [1.165, 1.54) is 11.3 Å². The largest absolute Gasteiger partial charge is 0.465 e. The van der Waals surface area contributed by atoms with Crippen molar-refractivity contribution < 1.29 is 57.9 Å². The number of carbonyl (C=O) groups is 6. The number of fused-ring (bicyclic) bond motifs is 7. The van der Waals surface area contributed by atoms with E-state index < -0.39 is 89.4 Å². The molecule has 3 amide bonds. The van der Waals surface area contributed by atoms with Crippen LogP contribution in [0.25, 0.3) is 0 Å². The van der Waals surface area contributed by atoms with Gasteiger partial charge in [-0.05, 0) is 88.3 Å². The highest BCUT2D eigenvalue weighted by Gasteiger charge is 2.76. The molecule has 4 fully saturated rings.